The maximum Gasteiger partial charge on any atom is 0.337 e. The van der Waals surface area contributed by atoms with E-state index in [4.69, 9.17) is 4.74 Å². The van der Waals surface area contributed by atoms with Crippen molar-refractivity contribution >= 4 is 23.9 Å². The quantitative estimate of drug-likeness (QED) is 0.833. The lowest BCUT2D eigenvalue weighted by Crippen LogP contribution is -2.12. The molecule has 0 saturated carbocycles. The van der Waals surface area contributed by atoms with Crippen LogP contribution in [-0.2, 0) is 11.3 Å². The van der Waals surface area contributed by atoms with Gasteiger partial charge in [0.05, 0.1) is 31.9 Å². The summed E-state index contributed by atoms with van der Waals surface area (Å²) in [6, 6.07) is 6.76. The Kier molecular flexibility index (Phi) is 4.55. The van der Waals surface area contributed by atoms with Gasteiger partial charge < -0.3 is 19.4 Å². The molecule has 0 saturated heterocycles. The van der Waals surface area contributed by atoms with Gasteiger partial charge in [-0.15, -0.1) is 0 Å². The van der Waals surface area contributed by atoms with E-state index in [1.165, 1.54) is 13.4 Å². The van der Waals surface area contributed by atoms with Crippen molar-refractivity contribution in [3.8, 4) is 5.75 Å². The lowest BCUT2D eigenvalue weighted by atomic mass is 10.2. The number of nitrogens with one attached hydrogen (secondary N) is 1. The van der Waals surface area contributed by atoms with Crippen molar-refractivity contribution in [2.24, 2.45) is 4.99 Å². The number of rotatable bonds is 5. The third-order valence-electron chi connectivity index (χ3n) is 3.49. The summed E-state index contributed by atoms with van der Waals surface area (Å²) in [5, 5.41) is 2.96. The van der Waals surface area contributed by atoms with Crippen molar-refractivity contribution in [1.82, 2.24) is 9.55 Å². The van der Waals surface area contributed by atoms with Crippen LogP contribution in [0.3, 0.4) is 0 Å². The van der Waals surface area contributed by atoms with Crippen molar-refractivity contribution in [2.45, 2.75) is 6.54 Å². The van der Waals surface area contributed by atoms with E-state index in [1.807, 2.05) is 0 Å². The molecule has 0 atom stereocenters. The maximum absolute atomic E-state index is 11.8. The molecule has 0 amide bonds. The highest BCUT2D eigenvalue weighted by molar-refractivity contribution is 6.04. The summed E-state index contributed by atoms with van der Waals surface area (Å²) in [7, 11) is 1.33. The van der Waals surface area contributed by atoms with Gasteiger partial charge in [-0.25, -0.2) is 9.78 Å². The molecule has 1 aromatic heterocycles. The number of ether oxygens (including phenoxy) is 2. The third kappa shape index (κ3) is 3.27. The van der Waals surface area contributed by atoms with E-state index in [9.17, 15) is 9.59 Å². The molecular formula is C16H16N4O4. The minimum atomic E-state index is -0.414. The molecule has 24 heavy (non-hydrogen) atoms. The smallest absolute Gasteiger partial charge is 0.337 e. The third-order valence-corrected chi connectivity index (χ3v) is 3.49. The first-order valence-corrected chi connectivity index (χ1v) is 7.33. The number of hydrogen-bond acceptors (Lipinski definition) is 7. The Morgan fingerprint density at radius 3 is 3.12 bits per heavy atom. The zero-order valence-corrected chi connectivity index (χ0v) is 13.1. The summed E-state index contributed by atoms with van der Waals surface area (Å²) in [6.45, 7) is 0.924. The fourth-order valence-corrected chi connectivity index (χ4v) is 2.31. The first kappa shape index (κ1) is 15.7. The van der Waals surface area contributed by atoms with Gasteiger partial charge in [0.15, 0.2) is 5.69 Å². The fourth-order valence-electron chi connectivity index (χ4n) is 2.31. The first-order chi connectivity index (χ1) is 11.7. The minimum Gasteiger partial charge on any atom is -0.492 e. The molecule has 0 aliphatic carbocycles. The number of fused-ring (bicyclic) bond motifs is 1. The van der Waals surface area contributed by atoms with Crippen LogP contribution in [0, 0.1) is 0 Å². The molecule has 0 bridgehead atoms. The number of benzene rings is 1. The second-order valence-electron chi connectivity index (χ2n) is 5.04. The maximum atomic E-state index is 11.8. The Morgan fingerprint density at radius 1 is 1.42 bits per heavy atom. The molecule has 2 aromatic rings. The fraction of sp³-hybridized carbons (Fsp3) is 0.250. The summed E-state index contributed by atoms with van der Waals surface area (Å²) >= 11 is 0. The molecule has 8 nitrogen and oxygen atoms in total. The number of carbonyl (C=O) groups excluding carboxylic acids is 2. The highest BCUT2D eigenvalue weighted by atomic mass is 16.5. The molecule has 1 N–H and O–H groups in total. The van der Waals surface area contributed by atoms with E-state index in [0.717, 1.165) is 0 Å². The number of ketones is 1. The predicted molar refractivity (Wildman–Crippen MR) is 86.8 cm³/mol. The lowest BCUT2D eigenvalue weighted by Gasteiger charge is -2.10. The number of Topliss-reactive ketones (excluding diaryl/α,β-unsaturated/α-hetero) is 1. The summed E-state index contributed by atoms with van der Waals surface area (Å²) in [6.07, 6.45) is 3.07. The molecular weight excluding hydrogens is 312 g/mol. The first-order valence-electron chi connectivity index (χ1n) is 7.33. The number of anilines is 1. The minimum absolute atomic E-state index is 0.0911. The van der Waals surface area contributed by atoms with Gasteiger partial charge in [0.25, 0.3) is 0 Å². The molecule has 0 radical (unpaired) electrons. The van der Waals surface area contributed by atoms with E-state index in [1.54, 1.807) is 35.2 Å². The van der Waals surface area contributed by atoms with E-state index < -0.39 is 5.97 Å². The van der Waals surface area contributed by atoms with Crippen LogP contribution < -0.4 is 10.1 Å². The van der Waals surface area contributed by atoms with Gasteiger partial charge in [0.2, 0.25) is 5.78 Å². The van der Waals surface area contributed by atoms with Crippen LogP contribution in [0.4, 0.5) is 5.82 Å². The van der Waals surface area contributed by atoms with Crippen molar-refractivity contribution < 1.29 is 19.1 Å². The molecule has 8 heteroatoms. The molecule has 0 unspecified atom stereocenters. The Balaban J connectivity index is 1.64. The average Bonchev–Trinajstić information content (AvgIpc) is 2.91. The molecule has 1 aliphatic heterocycles. The van der Waals surface area contributed by atoms with Crippen molar-refractivity contribution in [1.29, 1.82) is 0 Å². The molecule has 0 spiro atoms. The second-order valence-corrected chi connectivity index (χ2v) is 5.04. The van der Waals surface area contributed by atoms with Gasteiger partial charge in [-0.2, -0.15) is 0 Å². The van der Waals surface area contributed by atoms with Crippen molar-refractivity contribution in [3.63, 3.8) is 0 Å². The van der Waals surface area contributed by atoms with E-state index in [0.29, 0.717) is 36.0 Å². The average molecular weight is 328 g/mol. The number of carbonyl (C=O) groups is 2. The lowest BCUT2D eigenvalue weighted by molar-refractivity contribution is 0.0600. The van der Waals surface area contributed by atoms with Crippen LogP contribution in [0.1, 0.15) is 20.8 Å². The standard InChI is InChI=1S/C16H16N4O4/c1-23-16(22)11-3-2-4-12(7-11)24-6-5-20-10-19-14-13(21)8-17-9-18-15(14)20/h2-4,7,9-10H,5-6,8H2,1H3,(H,17,18). The molecule has 0 fully saturated rings. The number of imidazole rings is 1. The summed E-state index contributed by atoms with van der Waals surface area (Å²) in [5.41, 5.74) is 0.801. The van der Waals surface area contributed by atoms with E-state index >= 15 is 0 Å². The van der Waals surface area contributed by atoms with Crippen LogP contribution in [0.25, 0.3) is 0 Å². The van der Waals surface area contributed by atoms with Gasteiger partial charge in [-0.05, 0) is 18.2 Å². The number of aliphatic imine (C=N–C) groups is 1. The number of nitrogens with zero attached hydrogens (tertiary/aromatic N) is 3. The van der Waals surface area contributed by atoms with Crippen LogP contribution in [0.15, 0.2) is 35.6 Å². The van der Waals surface area contributed by atoms with Crippen molar-refractivity contribution in [3.05, 3.63) is 41.9 Å². The Hall–Kier alpha value is -3.16. The number of methoxy groups -OCH3 is 1. The summed E-state index contributed by atoms with van der Waals surface area (Å²) in [5.74, 6) is 0.627. The largest absolute Gasteiger partial charge is 0.492 e. The van der Waals surface area contributed by atoms with Crippen LogP contribution in [0.5, 0.6) is 5.75 Å². The van der Waals surface area contributed by atoms with Crippen LogP contribution in [-0.4, -0.2) is 47.9 Å². The number of esters is 1. The topological polar surface area (TPSA) is 94.8 Å². The van der Waals surface area contributed by atoms with Gasteiger partial charge in [-0.3, -0.25) is 9.79 Å². The monoisotopic (exact) mass is 328 g/mol. The molecule has 1 aromatic carbocycles. The van der Waals surface area contributed by atoms with Gasteiger partial charge in [-0.1, -0.05) is 6.07 Å². The highest BCUT2D eigenvalue weighted by Gasteiger charge is 2.19. The zero-order chi connectivity index (χ0) is 16.9. The zero-order valence-electron chi connectivity index (χ0n) is 13.1. The van der Waals surface area contributed by atoms with E-state index in [2.05, 4.69) is 20.0 Å². The normalized spacial score (nSPS) is 13.0. The van der Waals surface area contributed by atoms with Crippen LogP contribution >= 0.6 is 0 Å². The second kappa shape index (κ2) is 6.95. The number of hydrogen-bond donors (Lipinski definition) is 1. The SMILES string of the molecule is COC(=O)c1cccc(OCCn2cnc3c2NC=NCC3=O)c1. The Bertz CT molecular complexity index is 797. The summed E-state index contributed by atoms with van der Waals surface area (Å²) < 4.78 is 12.1. The Morgan fingerprint density at radius 2 is 2.29 bits per heavy atom. The van der Waals surface area contributed by atoms with E-state index in [-0.39, 0.29) is 12.3 Å². The van der Waals surface area contributed by atoms with Gasteiger partial charge >= 0.3 is 5.97 Å². The number of aromatic nitrogens is 2. The molecule has 1 aliphatic rings. The highest BCUT2D eigenvalue weighted by Crippen LogP contribution is 2.18. The van der Waals surface area contributed by atoms with Crippen LogP contribution in [0.2, 0.25) is 0 Å². The molecule has 124 valence electrons. The van der Waals surface area contributed by atoms with Gasteiger partial charge in [0, 0.05) is 0 Å². The van der Waals surface area contributed by atoms with Gasteiger partial charge in [0.1, 0.15) is 24.7 Å². The summed E-state index contributed by atoms with van der Waals surface area (Å²) in [4.78, 5) is 31.4. The molecule has 2 heterocycles. The predicted octanol–water partition coefficient (Wildman–Crippen LogP) is 1.39. The molecule has 3 rings (SSSR count). The van der Waals surface area contributed by atoms with Crippen molar-refractivity contribution in [2.75, 3.05) is 25.6 Å². The Labute approximate surface area is 138 Å².